The summed E-state index contributed by atoms with van der Waals surface area (Å²) in [6, 6.07) is 15.4. The number of benzene rings is 2. The number of furan rings is 1. The summed E-state index contributed by atoms with van der Waals surface area (Å²) >= 11 is 13.6. The minimum atomic E-state index is -0.422. The fourth-order valence-corrected chi connectivity index (χ4v) is 4.31. The van der Waals surface area contributed by atoms with E-state index in [1.165, 1.54) is 23.8 Å². The molecule has 1 fully saturated rings. The minimum Gasteiger partial charge on any atom is -0.465 e. The molecule has 0 spiro atoms. The molecular weight excluding hydrogens is 471 g/mol. The number of hydrogen-bond donors (Lipinski definition) is 0. The zero-order valence-corrected chi connectivity index (χ0v) is 19.3. The van der Waals surface area contributed by atoms with Gasteiger partial charge in [-0.15, -0.1) is 0 Å². The molecule has 3 aromatic rings. The summed E-state index contributed by atoms with van der Waals surface area (Å²) in [4.78, 5) is 30.7. The van der Waals surface area contributed by atoms with Crippen LogP contribution in [-0.2, 0) is 9.53 Å². The molecule has 1 saturated heterocycles. The molecule has 0 bridgehead atoms. The smallest absolute Gasteiger partial charge is 0.337 e. The number of rotatable bonds is 4. The van der Waals surface area contributed by atoms with E-state index in [1.54, 1.807) is 61.7 Å². The van der Waals surface area contributed by atoms with Gasteiger partial charge < -0.3 is 9.15 Å². The highest BCUT2D eigenvalue weighted by Crippen LogP contribution is 2.37. The molecule has 2 aromatic carbocycles. The molecule has 2 heterocycles. The van der Waals surface area contributed by atoms with Gasteiger partial charge in [0.1, 0.15) is 11.5 Å². The number of amides is 1. The third-order valence-corrected chi connectivity index (χ3v) is 6.51. The highest BCUT2D eigenvalue weighted by Gasteiger charge is 2.30. The van der Waals surface area contributed by atoms with Gasteiger partial charge in [0.25, 0.3) is 5.91 Å². The highest BCUT2D eigenvalue weighted by atomic mass is 35.5. The molecule has 32 heavy (non-hydrogen) atoms. The SMILES string of the molecule is COC(=O)c1ccc(N=C2S/C(=C/c3ccc(-c4cccc(Cl)c4Cl)o3)C(=O)N2C)cc1. The summed E-state index contributed by atoms with van der Waals surface area (Å²) in [5, 5.41) is 1.35. The maximum atomic E-state index is 12.7. The highest BCUT2D eigenvalue weighted by molar-refractivity contribution is 8.18. The number of ether oxygens (including phenoxy) is 1. The molecule has 0 aliphatic carbocycles. The monoisotopic (exact) mass is 486 g/mol. The van der Waals surface area contributed by atoms with Crippen LogP contribution in [0.3, 0.4) is 0 Å². The molecule has 162 valence electrons. The zero-order chi connectivity index (χ0) is 22.8. The molecule has 1 aromatic heterocycles. The molecule has 4 rings (SSSR count). The van der Waals surface area contributed by atoms with Crippen molar-refractivity contribution >= 4 is 63.8 Å². The predicted octanol–water partition coefficient (Wildman–Crippen LogP) is 6.27. The second kappa shape index (κ2) is 9.24. The van der Waals surface area contributed by atoms with E-state index in [9.17, 15) is 9.59 Å². The number of amidine groups is 1. The summed E-state index contributed by atoms with van der Waals surface area (Å²) in [6.07, 6.45) is 1.66. The van der Waals surface area contributed by atoms with Crippen LogP contribution in [0.25, 0.3) is 17.4 Å². The number of methoxy groups -OCH3 is 1. The molecule has 0 atom stereocenters. The number of hydrogen-bond acceptors (Lipinski definition) is 6. The average molecular weight is 487 g/mol. The Morgan fingerprint density at radius 3 is 2.59 bits per heavy atom. The standard InChI is InChI=1S/C23H16Cl2N2O4S/c1-27-21(28)19(32-23(27)26-14-8-6-13(7-9-14)22(29)30-2)12-15-10-11-18(31-15)16-4-3-5-17(24)20(16)25/h3-12H,1-2H3/b19-12+,26-23?. The zero-order valence-electron chi connectivity index (χ0n) is 17.0. The Labute approximate surface area is 198 Å². The van der Waals surface area contributed by atoms with E-state index in [-0.39, 0.29) is 5.91 Å². The molecule has 6 nitrogen and oxygen atoms in total. The Kier molecular flexibility index (Phi) is 6.41. The topological polar surface area (TPSA) is 72.1 Å². The van der Waals surface area contributed by atoms with Crippen molar-refractivity contribution in [3.05, 3.63) is 80.9 Å². The van der Waals surface area contributed by atoms with Gasteiger partial charge in [-0.2, -0.15) is 0 Å². The third kappa shape index (κ3) is 4.46. The Balaban J connectivity index is 1.56. The lowest BCUT2D eigenvalue weighted by Gasteiger charge is -2.07. The number of nitrogens with zero attached hydrogens (tertiary/aromatic N) is 2. The summed E-state index contributed by atoms with van der Waals surface area (Å²) in [5.41, 5.74) is 1.70. The van der Waals surface area contributed by atoms with Gasteiger partial charge in [0.2, 0.25) is 0 Å². The van der Waals surface area contributed by atoms with Gasteiger partial charge in [0, 0.05) is 18.7 Å². The van der Waals surface area contributed by atoms with Crippen LogP contribution in [0, 0.1) is 0 Å². The average Bonchev–Trinajstić information content (AvgIpc) is 3.36. The Hall–Kier alpha value is -3.00. The number of thioether (sulfide) groups is 1. The lowest BCUT2D eigenvalue weighted by molar-refractivity contribution is -0.121. The van der Waals surface area contributed by atoms with E-state index in [0.29, 0.717) is 48.5 Å². The van der Waals surface area contributed by atoms with Crippen molar-refractivity contribution in [2.75, 3.05) is 14.2 Å². The van der Waals surface area contributed by atoms with E-state index in [2.05, 4.69) is 4.99 Å². The molecule has 0 radical (unpaired) electrons. The quantitative estimate of drug-likeness (QED) is 0.320. The minimum absolute atomic E-state index is 0.196. The van der Waals surface area contributed by atoms with Crippen molar-refractivity contribution in [3.8, 4) is 11.3 Å². The van der Waals surface area contributed by atoms with Crippen molar-refractivity contribution < 1.29 is 18.7 Å². The normalized spacial score (nSPS) is 16.2. The van der Waals surface area contributed by atoms with Crippen LogP contribution >= 0.6 is 35.0 Å². The summed E-state index contributed by atoms with van der Waals surface area (Å²) < 4.78 is 10.6. The third-order valence-electron chi connectivity index (χ3n) is 4.63. The van der Waals surface area contributed by atoms with Crippen LogP contribution in [0.5, 0.6) is 0 Å². The van der Waals surface area contributed by atoms with Gasteiger partial charge in [-0.3, -0.25) is 9.69 Å². The van der Waals surface area contributed by atoms with Gasteiger partial charge in [0.05, 0.1) is 33.3 Å². The van der Waals surface area contributed by atoms with E-state index < -0.39 is 5.97 Å². The molecule has 9 heteroatoms. The number of likely N-dealkylation sites (N-methyl/N-ethyl adjacent to an activating group) is 1. The van der Waals surface area contributed by atoms with Crippen LogP contribution in [-0.4, -0.2) is 36.1 Å². The fraction of sp³-hybridized carbons (Fsp3) is 0.0870. The van der Waals surface area contributed by atoms with Crippen LogP contribution in [0.4, 0.5) is 5.69 Å². The second-order valence-corrected chi connectivity index (χ2v) is 8.51. The molecule has 1 amide bonds. The molecule has 0 saturated carbocycles. The van der Waals surface area contributed by atoms with Crippen LogP contribution < -0.4 is 0 Å². The van der Waals surface area contributed by atoms with E-state index in [0.717, 1.165) is 0 Å². The van der Waals surface area contributed by atoms with Crippen molar-refractivity contribution in [3.63, 3.8) is 0 Å². The first kappa shape index (κ1) is 22.2. The molecule has 0 unspecified atom stereocenters. The van der Waals surface area contributed by atoms with Crippen molar-refractivity contribution in [2.24, 2.45) is 4.99 Å². The van der Waals surface area contributed by atoms with Gasteiger partial charge >= 0.3 is 5.97 Å². The maximum Gasteiger partial charge on any atom is 0.337 e. The number of carbonyl (C=O) groups is 2. The Morgan fingerprint density at radius 1 is 1.12 bits per heavy atom. The predicted molar refractivity (Wildman–Crippen MR) is 127 cm³/mol. The molecular formula is C23H16Cl2N2O4S. The van der Waals surface area contributed by atoms with E-state index in [4.69, 9.17) is 32.4 Å². The first-order chi connectivity index (χ1) is 15.4. The lowest BCUT2D eigenvalue weighted by Crippen LogP contribution is -2.23. The largest absolute Gasteiger partial charge is 0.465 e. The first-order valence-electron chi connectivity index (χ1n) is 9.36. The summed E-state index contributed by atoms with van der Waals surface area (Å²) in [6.45, 7) is 0. The van der Waals surface area contributed by atoms with Crippen molar-refractivity contribution in [1.29, 1.82) is 0 Å². The van der Waals surface area contributed by atoms with Crippen LogP contribution in [0.2, 0.25) is 10.0 Å². The summed E-state index contributed by atoms with van der Waals surface area (Å²) in [7, 11) is 2.97. The van der Waals surface area contributed by atoms with Gasteiger partial charge in [-0.05, 0) is 60.3 Å². The fourth-order valence-electron chi connectivity index (χ4n) is 2.95. The Bertz CT molecular complexity index is 1270. The number of carbonyl (C=O) groups excluding carboxylic acids is 2. The van der Waals surface area contributed by atoms with E-state index in [1.807, 2.05) is 6.07 Å². The van der Waals surface area contributed by atoms with Crippen LogP contribution in [0.15, 0.2) is 68.9 Å². The lowest BCUT2D eigenvalue weighted by atomic mass is 10.2. The molecule has 1 aliphatic rings. The number of halogens is 2. The maximum absolute atomic E-state index is 12.7. The Morgan fingerprint density at radius 2 is 1.88 bits per heavy atom. The number of aliphatic imine (C=N–C) groups is 1. The van der Waals surface area contributed by atoms with E-state index >= 15 is 0 Å². The van der Waals surface area contributed by atoms with Gasteiger partial charge in [-0.25, -0.2) is 9.79 Å². The van der Waals surface area contributed by atoms with Gasteiger partial charge in [0.15, 0.2) is 5.17 Å². The van der Waals surface area contributed by atoms with Gasteiger partial charge in [-0.1, -0.05) is 29.3 Å². The molecule has 1 aliphatic heterocycles. The molecule has 0 N–H and O–H groups in total. The summed E-state index contributed by atoms with van der Waals surface area (Å²) in [5.74, 6) is 0.434. The second-order valence-electron chi connectivity index (χ2n) is 6.71. The first-order valence-corrected chi connectivity index (χ1v) is 10.9. The van der Waals surface area contributed by atoms with Crippen molar-refractivity contribution in [2.45, 2.75) is 0 Å². The number of esters is 1. The van der Waals surface area contributed by atoms with Crippen molar-refractivity contribution in [1.82, 2.24) is 4.90 Å². The van der Waals surface area contributed by atoms with Crippen LogP contribution in [0.1, 0.15) is 16.1 Å².